The molecular weight excluding hydrogens is 196 g/mol. The molecule has 1 saturated heterocycles. The van der Waals surface area contributed by atoms with Crippen LogP contribution < -0.4 is 0 Å². The van der Waals surface area contributed by atoms with E-state index >= 15 is 0 Å². The van der Waals surface area contributed by atoms with Crippen LogP contribution in [-0.4, -0.2) is 60.0 Å². The number of rotatable bonds is 2. The van der Waals surface area contributed by atoms with E-state index in [1.165, 1.54) is 0 Å². The standard InChI is InChI=1S/C10H16N2O3/c1-11-2-4-12(5-3-11)9(13)7-6-8(7)10(14)15/h7-8H,2-6H2,1H3,(H,14,15)/t7-,8+/m1/s1. The van der Waals surface area contributed by atoms with Crippen LogP contribution in [0.2, 0.25) is 0 Å². The molecule has 0 unspecified atom stereocenters. The lowest BCUT2D eigenvalue weighted by Crippen LogP contribution is -2.47. The van der Waals surface area contributed by atoms with Crippen LogP contribution in [0.3, 0.4) is 0 Å². The number of aliphatic carboxylic acids is 1. The Labute approximate surface area is 88.6 Å². The first-order valence-electron chi connectivity index (χ1n) is 5.29. The Morgan fingerprint density at radius 3 is 2.20 bits per heavy atom. The molecule has 0 aromatic rings. The SMILES string of the molecule is CN1CCN(C(=O)[C@@H]2C[C@@H]2C(=O)O)CC1. The highest BCUT2D eigenvalue weighted by atomic mass is 16.4. The quantitative estimate of drug-likeness (QED) is 0.669. The maximum Gasteiger partial charge on any atom is 0.307 e. The first-order chi connectivity index (χ1) is 7.09. The Kier molecular flexibility index (Phi) is 2.65. The molecule has 1 saturated carbocycles. The third-order valence-corrected chi connectivity index (χ3v) is 3.24. The molecule has 1 N–H and O–H groups in total. The van der Waals surface area contributed by atoms with Crippen molar-refractivity contribution in [3.63, 3.8) is 0 Å². The number of hydrogen-bond acceptors (Lipinski definition) is 3. The molecule has 0 aromatic carbocycles. The van der Waals surface area contributed by atoms with Gasteiger partial charge in [0.1, 0.15) is 0 Å². The highest BCUT2D eigenvalue weighted by Crippen LogP contribution is 2.40. The van der Waals surface area contributed by atoms with Gasteiger partial charge in [-0.25, -0.2) is 0 Å². The van der Waals surface area contributed by atoms with E-state index in [2.05, 4.69) is 4.90 Å². The Morgan fingerprint density at radius 2 is 1.73 bits per heavy atom. The second kappa shape index (κ2) is 3.81. The molecule has 1 aliphatic heterocycles. The average Bonchev–Trinajstić information content (AvgIpc) is 2.97. The second-order valence-corrected chi connectivity index (χ2v) is 4.42. The van der Waals surface area contributed by atoms with Gasteiger partial charge in [-0.2, -0.15) is 0 Å². The summed E-state index contributed by atoms with van der Waals surface area (Å²) in [4.78, 5) is 26.4. The average molecular weight is 212 g/mol. The van der Waals surface area contributed by atoms with Crippen LogP contribution >= 0.6 is 0 Å². The molecule has 1 heterocycles. The van der Waals surface area contributed by atoms with Crippen molar-refractivity contribution in [1.82, 2.24) is 9.80 Å². The van der Waals surface area contributed by atoms with E-state index < -0.39 is 11.9 Å². The summed E-state index contributed by atoms with van der Waals surface area (Å²) in [6, 6.07) is 0. The number of likely N-dealkylation sites (N-methyl/N-ethyl adjacent to an activating group) is 1. The number of carboxylic acids is 1. The summed E-state index contributed by atoms with van der Waals surface area (Å²) in [5, 5.41) is 8.73. The van der Waals surface area contributed by atoms with E-state index in [1.807, 2.05) is 7.05 Å². The van der Waals surface area contributed by atoms with Gasteiger partial charge >= 0.3 is 5.97 Å². The van der Waals surface area contributed by atoms with Crippen LogP contribution in [0.25, 0.3) is 0 Å². The number of nitrogens with zero attached hydrogens (tertiary/aromatic N) is 2. The van der Waals surface area contributed by atoms with Gasteiger partial charge in [-0.3, -0.25) is 9.59 Å². The largest absolute Gasteiger partial charge is 0.481 e. The van der Waals surface area contributed by atoms with Gasteiger partial charge in [-0.05, 0) is 13.5 Å². The minimum atomic E-state index is -0.831. The van der Waals surface area contributed by atoms with E-state index in [4.69, 9.17) is 5.11 Å². The zero-order valence-corrected chi connectivity index (χ0v) is 8.85. The molecule has 0 radical (unpaired) electrons. The highest BCUT2D eigenvalue weighted by molar-refractivity contribution is 5.89. The van der Waals surface area contributed by atoms with Crippen molar-refractivity contribution < 1.29 is 14.7 Å². The van der Waals surface area contributed by atoms with E-state index in [1.54, 1.807) is 4.90 Å². The number of carbonyl (C=O) groups excluding carboxylic acids is 1. The smallest absolute Gasteiger partial charge is 0.307 e. The number of hydrogen-bond donors (Lipinski definition) is 1. The predicted molar refractivity (Wildman–Crippen MR) is 53.3 cm³/mol. The molecule has 5 nitrogen and oxygen atoms in total. The van der Waals surface area contributed by atoms with Gasteiger partial charge in [0.15, 0.2) is 0 Å². The van der Waals surface area contributed by atoms with E-state index in [0.29, 0.717) is 6.42 Å². The minimum Gasteiger partial charge on any atom is -0.481 e. The topological polar surface area (TPSA) is 60.9 Å². The molecule has 84 valence electrons. The van der Waals surface area contributed by atoms with E-state index in [0.717, 1.165) is 26.2 Å². The van der Waals surface area contributed by atoms with Crippen LogP contribution in [0, 0.1) is 11.8 Å². The molecule has 2 atom stereocenters. The lowest BCUT2D eigenvalue weighted by Gasteiger charge is -2.32. The Balaban J connectivity index is 1.85. The number of carbonyl (C=O) groups is 2. The summed E-state index contributed by atoms with van der Waals surface area (Å²) in [6.07, 6.45) is 0.528. The van der Waals surface area contributed by atoms with Crippen LogP contribution in [0.5, 0.6) is 0 Å². The normalized spacial score (nSPS) is 31.4. The molecule has 2 fully saturated rings. The maximum atomic E-state index is 11.8. The summed E-state index contributed by atoms with van der Waals surface area (Å²) in [5.74, 6) is -1.46. The van der Waals surface area contributed by atoms with Crippen molar-refractivity contribution in [2.24, 2.45) is 11.8 Å². The lowest BCUT2D eigenvalue weighted by molar-refractivity contribution is -0.142. The fraction of sp³-hybridized carbons (Fsp3) is 0.800. The summed E-state index contributed by atoms with van der Waals surface area (Å²) in [5.41, 5.74) is 0. The molecule has 0 bridgehead atoms. The minimum absolute atomic E-state index is 0.0375. The molecule has 2 rings (SSSR count). The maximum absolute atomic E-state index is 11.8. The fourth-order valence-corrected chi connectivity index (χ4v) is 2.00. The van der Waals surface area contributed by atoms with Gasteiger partial charge in [0.25, 0.3) is 0 Å². The van der Waals surface area contributed by atoms with Crippen LogP contribution in [0.1, 0.15) is 6.42 Å². The first-order valence-corrected chi connectivity index (χ1v) is 5.29. The summed E-state index contributed by atoms with van der Waals surface area (Å²) < 4.78 is 0. The fourth-order valence-electron chi connectivity index (χ4n) is 2.00. The molecule has 2 aliphatic rings. The van der Waals surface area contributed by atoms with Crippen LogP contribution in [0.4, 0.5) is 0 Å². The van der Waals surface area contributed by atoms with Gasteiger partial charge in [0, 0.05) is 26.2 Å². The monoisotopic (exact) mass is 212 g/mol. The van der Waals surface area contributed by atoms with Gasteiger partial charge in [-0.1, -0.05) is 0 Å². The third kappa shape index (κ3) is 2.12. The number of carboxylic acid groups (broad SMARTS) is 1. The molecular formula is C10H16N2O3. The summed E-state index contributed by atoms with van der Waals surface area (Å²) in [7, 11) is 2.03. The lowest BCUT2D eigenvalue weighted by atomic mass is 10.2. The summed E-state index contributed by atoms with van der Waals surface area (Å²) in [6.45, 7) is 3.24. The Morgan fingerprint density at radius 1 is 1.13 bits per heavy atom. The number of amides is 1. The van der Waals surface area contributed by atoms with E-state index in [-0.39, 0.29) is 11.8 Å². The van der Waals surface area contributed by atoms with Gasteiger partial charge in [-0.15, -0.1) is 0 Å². The molecule has 1 amide bonds. The Bertz CT molecular complexity index is 284. The Hall–Kier alpha value is -1.10. The van der Waals surface area contributed by atoms with Gasteiger partial charge in [0.05, 0.1) is 11.8 Å². The van der Waals surface area contributed by atoms with Gasteiger partial charge in [0.2, 0.25) is 5.91 Å². The predicted octanol–water partition coefficient (Wildman–Crippen LogP) is -0.519. The van der Waals surface area contributed by atoms with Crippen molar-refractivity contribution in [2.45, 2.75) is 6.42 Å². The second-order valence-electron chi connectivity index (χ2n) is 4.42. The highest BCUT2D eigenvalue weighted by Gasteiger charge is 2.49. The van der Waals surface area contributed by atoms with E-state index in [9.17, 15) is 9.59 Å². The van der Waals surface area contributed by atoms with Crippen molar-refractivity contribution in [3.05, 3.63) is 0 Å². The van der Waals surface area contributed by atoms with Gasteiger partial charge < -0.3 is 14.9 Å². The first kappa shape index (κ1) is 10.4. The third-order valence-electron chi connectivity index (χ3n) is 3.24. The van der Waals surface area contributed by atoms with Crippen molar-refractivity contribution in [2.75, 3.05) is 33.2 Å². The molecule has 5 heteroatoms. The molecule has 15 heavy (non-hydrogen) atoms. The number of piperazine rings is 1. The van der Waals surface area contributed by atoms with Crippen molar-refractivity contribution in [3.8, 4) is 0 Å². The van der Waals surface area contributed by atoms with Crippen LogP contribution in [-0.2, 0) is 9.59 Å². The molecule has 0 spiro atoms. The molecule has 1 aliphatic carbocycles. The van der Waals surface area contributed by atoms with Crippen LogP contribution in [0.15, 0.2) is 0 Å². The summed E-state index contributed by atoms with van der Waals surface area (Å²) >= 11 is 0. The zero-order chi connectivity index (χ0) is 11.0. The molecule has 0 aromatic heterocycles. The zero-order valence-electron chi connectivity index (χ0n) is 8.85. The van der Waals surface area contributed by atoms with Crippen molar-refractivity contribution in [1.29, 1.82) is 0 Å². The van der Waals surface area contributed by atoms with Crippen molar-refractivity contribution >= 4 is 11.9 Å².